The largest absolute Gasteiger partial charge is 0.479 e. The number of carboxylic acids is 1. The van der Waals surface area contributed by atoms with Crippen LogP contribution in [-0.2, 0) is 4.79 Å². The molecule has 2 aromatic rings. The number of carbonyl (C=O) groups is 2. The molecule has 0 aliphatic carbocycles. The number of aromatic nitrogens is 1. The molecule has 5 nitrogen and oxygen atoms in total. The molecule has 1 heterocycles. The monoisotopic (exact) mass is 290 g/mol. The van der Waals surface area contributed by atoms with E-state index < -0.39 is 17.9 Å². The van der Waals surface area contributed by atoms with E-state index >= 15 is 0 Å². The van der Waals surface area contributed by atoms with Gasteiger partial charge in [-0.1, -0.05) is 48.0 Å². The van der Waals surface area contributed by atoms with E-state index in [1.807, 2.05) is 0 Å². The molecule has 0 radical (unpaired) electrons. The van der Waals surface area contributed by atoms with Gasteiger partial charge in [0.2, 0.25) is 0 Å². The summed E-state index contributed by atoms with van der Waals surface area (Å²) in [5, 5.41) is 11.8. The van der Waals surface area contributed by atoms with Crippen molar-refractivity contribution < 1.29 is 14.7 Å². The molecule has 0 fully saturated rings. The number of rotatable bonds is 4. The lowest BCUT2D eigenvalue weighted by atomic mass is 10.1. The lowest BCUT2D eigenvalue weighted by Crippen LogP contribution is -2.34. The van der Waals surface area contributed by atoms with Gasteiger partial charge in [0.05, 0.1) is 0 Å². The maximum atomic E-state index is 12.0. The summed E-state index contributed by atoms with van der Waals surface area (Å²) in [6, 6.07) is 11.9. The van der Waals surface area contributed by atoms with Crippen molar-refractivity contribution in [2.75, 3.05) is 0 Å². The Kier molecular flexibility index (Phi) is 4.32. The first kappa shape index (κ1) is 14.0. The van der Waals surface area contributed by atoms with Gasteiger partial charge < -0.3 is 10.4 Å². The smallest absolute Gasteiger partial charge is 0.330 e. The highest BCUT2D eigenvalue weighted by atomic mass is 35.5. The third-order valence-corrected chi connectivity index (χ3v) is 2.81. The standard InChI is InChI=1S/C14H11ClN2O3/c15-11-8-4-7-10(16-11)13(18)17-12(14(19)20)9-5-2-1-3-6-9/h1-8,12H,(H,17,18)(H,19,20). The number of hydrogen-bond donors (Lipinski definition) is 2. The Labute approximate surface area is 120 Å². The molecule has 1 atom stereocenters. The van der Waals surface area contributed by atoms with Crippen molar-refractivity contribution >= 4 is 23.5 Å². The zero-order chi connectivity index (χ0) is 14.5. The molecule has 6 heteroatoms. The number of carbonyl (C=O) groups excluding carboxylic acids is 1. The van der Waals surface area contributed by atoms with Crippen LogP contribution in [0.1, 0.15) is 22.1 Å². The predicted octanol–water partition coefficient (Wildman–Crippen LogP) is 2.29. The Balaban J connectivity index is 2.21. The molecule has 0 bridgehead atoms. The average Bonchev–Trinajstić information content (AvgIpc) is 2.45. The Bertz CT molecular complexity index is 631. The van der Waals surface area contributed by atoms with Gasteiger partial charge in [0.15, 0.2) is 6.04 Å². The van der Waals surface area contributed by atoms with E-state index in [1.165, 1.54) is 12.1 Å². The van der Waals surface area contributed by atoms with Crippen LogP contribution in [0, 0.1) is 0 Å². The van der Waals surface area contributed by atoms with Gasteiger partial charge in [-0.2, -0.15) is 0 Å². The van der Waals surface area contributed by atoms with Crippen molar-refractivity contribution in [2.24, 2.45) is 0 Å². The van der Waals surface area contributed by atoms with Crippen LogP contribution in [0.3, 0.4) is 0 Å². The van der Waals surface area contributed by atoms with Crippen LogP contribution >= 0.6 is 11.6 Å². The second-order valence-electron chi connectivity index (χ2n) is 4.00. The van der Waals surface area contributed by atoms with Crippen molar-refractivity contribution in [3.8, 4) is 0 Å². The van der Waals surface area contributed by atoms with Gasteiger partial charge in [-0.05, 0) is 17.7 Å². The van der Waals surface area contributed by atoms with E-state index in [2.05, 4.69) is 10.3 Å². The highest BCUT2D eigenvalue weighted by Gasteiger charge is 2.22. The normalized spacial score (nSPS) is 11.7. The van der Waals surface area contributed by atoms with E-state index in [-0.39, 0.29) is 10.8 Å². The van der Waals surface area contributed by atoms with Crippen molar-refractivity contribution in [3.05, 3.63) is 64.9 Å². The van der Waals surface area contributed by atoms with Crippen LogP contribution in [0.4, 0.5) is 0 Å². The number of halogens is 1. The fourth-order valence-corrected chi connectivity index (χ4v) is 1.84. The van der Waals surface area contributed by atoms with Gasteiger partial charge in [-0.25, -0.2) is 9.78 Å². The Morgan fingerprint density at radius 2 is 1.80 bits per heavy atom. The summed E-state index contributed by atoms with van der Waals surface area (Å²) in [4.78, 5) is 27.1. The number of benzene rings is 1. The summed E-state index contributed by atoms with van der Waals surface area (Å²) in [5.41, 5.74) is 0.551. The summed E-state index contributed by atoms with van der Waals surface area (Å²) in [7, 11) is 0. The van der Waals surface area contributed by atoms with E-state index in [1.54, 1.807) is 36.4 Å². The van der Waals surface area contributed by atoms with Crippen LogP contribution in [0.15, 0.2) is 48.5 Å². The first-order chi connectivity index (χ1) is 9.58. The molecule has 2 N–H and O–H groups in total. The molecule has 1 aromatic carbocycles. The molecule has 20 heavy (non-hydrogen) atoms. The van der Waals surface area contributed by atoms with Gasteiger partial charge in [0, 0.05) is 0 Å². The third kappa shape index (κ3) is 3.33. The van der Waals surface area contributed by atoms with Gasteiger partial charge in [-0.3, -0.25) is 4.79 Å². The van der Waals surface area contributed by atoms with Gasteiger partial charge in [0.1, 0.15) is 10.8 Å². The molecule has 0 saturated heterocycles. The fourth-order valence-electron chi connectivity index (χ4n) is 1.67. The van der Waals surface area contributed by atoms with Gasteiger partial charge in [0.25, 0.3) is 5.91 Å². The Morgan fingerprint density at radius 1 is 1.10 bits per heavy atom. The minimum atomic E-state index is -1.15. The van der Waals surface area contributed by atoms with Crippen LogP contribution < -0.4 is 5.32 Å². The lowest BCUT2D eigenvalue weighted by Gasteiger charge is -2.14. The number of nitrogens with one attached hydrogen (secondary N) is 1. The maximum absolute atomic E-state index is 12.0. The number of amides is 1. The number of nitrogens with zero attached hydrogens (tertiary/aromatic N) is 1. The van der Waals surface area contributed by atoms with Crippen LogP contribution in [0.25, 0.3) is 0 Å². The third-order valence-electron chi connectivity index (χ3n) is 2.60. The zero-order valence-electron chi connectivity index (χ0n) is 10.3. The molecule has 0 saturated carbocycles. The Morgan fingerprint density at radius 3 is 2.40 bits per heavy atom. The second kappa shape index (κ2) is 6.16. The average molecular weight is 291 g/mol. The van der Waals surface area contributed by atoms with Crippen LogP contribution in [0.2, 0.25) is 5.15 Å². The zero-order valence-corrected chi connectivity index (χ0v) is 11.0. The minimum Gasteiger partial charge on any atom is -0.479 e. The molecule has 1 unspecified atom stereocenters. The van der Waals surface area contributed by atoms with Gasteiger partial charge in [-0.15, -0.1) is 0 Å². The summed E-state index contributed by atoms with van der Waals surface area (Å²) in [6.07, 6.45) is 0. The summed E-state index contributed by atoms with van der Waals surface area (Å²) < 4.78 is 0. The van der Waals surface area contributed by atoms with Crippen molar-refractivity contribution in [2.45, 2.75) is 6.04 Å². The summed E-state index contributed by atoms with van der Waals surface area (Å²) in [6.45, 7) is 0. The minimum absolute atomic E-state index is 0.0691. The Hall–Kier alpha value is -2.40. The summed E-state index contributed by atoms with van der Waals surface area (Å²) in [5.74, 6) is -1.74. The van der Waals surface area contributed by atoms with Gasteiger partial charge >= 0.3 is 5.97 Å². The van der Waals surface area contributed by atoms with E-state index in [0.29, 0.717) is 5.56 Å². The van der Waals surface area contributed by atoms with Crippen LogP contribution in [-0.4, -0.2) is 22.0 Å². The molecular weight excluding hydrogens is 280 g/mol. The molecule has 0 aliphatic heterocycles. The van der Waals surface area contributed by atoms with E-state index in [4.69, 9.17) is 11.6 Å². The summed E-state index contributed by atoms with van der Waals surface area (Å²) >= 11 is 5.70. The molecule has 0 spiro atoms. The fraction of sp³-hybridized carbons (Fsp3) is 0.0714. The SMILES string of the molecule is O=C(NC(C(=O)O)c1ccccc1)c1cccc(Cl)n1. The topological polar surface area (TPSA) is 79.3 Å². The first-order valence-corrected chi connectivity index (χ1v) is 6.17. The number of aliphatic carboxylic acids is 1. The molecule has 102 valence electrons. The van der Waals surface area contributed by atoms with Crippen molar-refractivity contribution in [3.63, 3.8) is 0 Å². The van der Waals surface area contributed by atoms with Crippen LogP contribution in [0.5, 0.6) is 0 Å². The van der Waals surface area contributed by atoms with E-state index in [0.717, 1.165) is 0 Å². The predicted molar refractivity (Wildman–Crippen MR) is 73.5 cm³/mol. The number of pyridine rings is 1. The van der Waals surface area contributed by atoms with Crippen molar-refractivity contribution in [1.82, 2.24) is 10.3 Å². The molecule has 0 aliphatic rings. The first-order valence-electron chi connectivity index (χ1n) is 5.79. The lowest BCUT2D eigenvalue weighted by molar-refractivity contribution is -0.139. The number of carboxylic acid groups (broad SMARTS) is 1. The highest BCUT2D eigenvalue weighted by Crippen LogP contribution is 2.14. The highest BCUT2D eigenvalue weighted by molar-refractivity contribution is 6.29. The molecule has 1 amide bonds. The van der Waals surface area contributed by atoms with E-state index in [9.17, 15) is 14.7 Å². The molecular formula is C14H11ClN2O3. The molecule has 1 aromatic heterocycles. The number of hydrogen-bond acceptors (Lipinski definition) is 3. The maximum Gasteiger partial charge on any atom is 0.330 e. The quantitative estimate of drug-likeness (QED) is 0.847. The van der Waals surface area contributed by atoms with Crippen molar-refractivity contribution in [1.29, 1.82) is 0 Å². The second-order valence-corrected chi connectivity index (χ2v) is 4.39. The molecule has 2 rings (SSSR count).